The number of likely N-dealkylation sites (N-methyl/N-ethyl adjacent to an activating group) is 1. The minimum absolute atomic E-state index is 0.135. The van der Waals surface area contributed by atoms with Gasteiger partial charge in [0.15, 0.2) is 11.4 Å². The number of nitrogens with two attached hydrogens (primary N) is 1. The maximum absolute atomic E-state index is 14.1. The van der Waals surface area contributed by atoms with Crippen LogP contribution in [-0.4, -0.2) is 126 Å². The topological polar surface area (TPSA) is 318 Å². The second-order valence-electron chi connectivity index (χ2n) is 12.7. The van der Waals surface area contributed by atoms with Crippen LogP contribution in [0.2, 0.25) is 0 Å². The van der Waals surface area contributed by atoms with Crippen LogP contribution in [0.25, 0.3) is 5.76 Å². The first-order valence-electron chi connectivity index (χ1n) is 15.7. The van der Waals surface area contributed by atoms with Crippen LogP contribution in [0.3, 0.4) is 0 Å². The van der Waals surface area contributed by atoms with Gasteiger partial charge in [-0.15, -0.1) is 0 Å². The fourth-order valence-corrected chi connectivity index (χ4v) is 6.77. The number of carbonyl (C=O) groups is 6. The van der Waals surface area contributed by atoms with Crippen LogP contribution in [0, 0.1) is 11.8 Å². The molecule has 1 aromatic carbocycles. The Hall–Kier alpha value is -5.14. The van der Waals surface area contributed by atoms with Crippen molar-refractivity contribution in [3.05, 3.63) is 58.4 Å². The lowest BCUT2D eigenvalue weighted by molar-refractivity contribution is -0.159. The van der Waals surface area contributed by atoms with Gasteiger partial charge < -0.3 is 51.9 Å². The predicted molar refractivity (Wildman–Crippen MR) is 176 cm³/mol. The zero-order valence-electron chi connectivity index (χ0n) is 28.0. The van der Waals surface area contributed by atoms with E-state index in [2.05, 4.69) is 10.6 Å². The van der Waals surface area contributed by atoms with Gasteiger partial charge in [-0.3, -0.25) is 29.4 Å². The second kappa shape index (κ2) is 15.8. The Morgan fingerprint density at radius 1 is 1.02 bits per heavy atom. The molecule has 18 heteroatoms. The van der Waals surface area contributed by atoms with Gasteiger partial charge in [-0.25, -0.2) is 9.59 Å². The van der Waals surface area contributed by atoms with Gasteiger partial charge in [0, 0.05) is 29.6 Å². The Labute approximate surface area is 291 Å². The number of hydrogen-bond acceptors (Lipinski definition) is 14. The molecule has 278 valence electrons. The number of amides is 1. The summed E-state index contributed by atoms with van der Waals surface area (Å²) in [6, 6.07) is 1.83. The highest BCUT2D eigenvalue weighted by atomic mass is 16.4. The van der Waals surface area contributed by atoms with E-state index >= 15 is 0 Å². The lowest BCUT2D eigenvalue weighted by Crippen LogP contribution is -2.67. The number of ketones is 2. The van der Waals surface area contributed by atoms with Crippen molar-refractivity contribution >= 4 is 41.1 Å². The Kier molecular flexibility index (Phi) is 12.5. The summed E-state index contributed by atoms with van der Waals surface area (Å²) in [6.45, 7) is 1.35. The number of phenolic OH excluding ortho intramolecular Hbond substituents is 1. The number of aliphatic carboxylic acids is 3. The van der Waals surface area contributed by atoms with Crippen LogP contribution < -0.4 is 16.4 Å². The number of fused-ring (bicyclic) bond motifs is 3. The quantitative estimate of drug-likeness (QED) is 0.0540. The lowest BCUT2D eigenvalue weighted by atomic mass is 9.54. The van der Waals surface area contributed by atoms with Gasteiger partial charge >= 0.3 is 17.9 Å². The van der Waals surface area contributed by atoms with E-state index in [0.29, 0.717) is 31.5 Å². The number of unbranched alkanes of at least 4 members (excludes halogenated alkanes) is 1. The predicted octanol–water partition coefficient (Wildman–Crippen LogP) is -0.899. The molecule has 1 saturated carbocycles. The molecule has 0 saturated heterocycles. The molecule has 1 fully saturated rings. The van der Waals surface area contributed by atoms with E-state index in [1.165, 1.54) is 44.1 Å². The van der Waals surface area contributed by atoms with Gasteiger partial charge in [-0.2, -0.15) is 0 Å². The number of carboxylic acids is 3. The SMILES string of the molecule is CN(C)[C@@H]1C(=O)C(C(=O)NCN[C@@H](CCCCN)C(=O)O)=C(O)[C@@]2(O)C(=O)C3=C(O)c4c(O)cccc4[C@@](C)(O)[C@H]3C[C@H]12.O=C(O)C=CC(=O)O. The fourth-order valence-electron chi connectivity index (χ4n) is 6.77. The number of benzene rings is 1. The third-order valence-electron chi connectivity index (χ3n) is 9.21. The average molecular weight is 719 g/mol. The summed E-state index contributed by atoms with van der Waals surface area (Å²) in [5.41, 5.74) is -0.669. The molecule has 51 heavy (non-hydrogen) atoms. The number of aromatic hydroxyl groups is 1. The number of rotatable bonds is 12. The smallest absolute Gasteiger partial charge is 0.328 e. The molecule has 0 unspecified atom stereocenters. The fraction of sp³-hybridized carbons (Fsp3) is 0.455. The van der Waals surface area contributed by atoms with Crippen LogP contribution in [0.15, 0.2) is 47.3 Å². The van der Waals surface area contributed by atoms with Crippen molar-refractivity contribution < 1.29 is 69.6 Å². The molecular formula is C33H42N4O14. The number of carboxylic acid groups (broad SMARTS) is 3. The minimum Gasteiger partial charge on any atom is -0.508 e. The third-order valence-corrected chi connectivity index (χ3v) is 9.21. The van der Waals surface area contributed by atoms with Gasteiger partial charge in [-0.1, -0.05) is 18.6 Å². The summed E-state index contributed by atoms with van der Waals surface area (Å²) < 4.78 is 0. The van der Waals surface area contributed by atoms with Crippen molar-refractivity contribution in [1.82, 2.24) is 15.5 Å². The largest absolute Gasteiger partial charge is 0.508 e. The van der Waals surface area contributed by atoms with E-state index in [9.17, 15) is 59.4 Å². The van der Waals surface area contributed by atoms with Crippen molar-refractivity contribution in [1.29, 1.82) is 0 Å². The molecule has 0 radical (unpaired) electrons. The van der Waals surface area contributed by atoms with E-state index in [4.69, 9.17) is 15.9 Å². The number of aliphatic hydroxyl groups is 4. The summed E-state index contributed by atoms with van der Waals surface area (Å²) in [5.74, 6) is -11.8. The maximum Gasteiger partial charge on any atom is 0.328 e. The van der Waals surface area contributed by atoms with E-state index in [0.717, 1.165) is 0 Å². The van der Waals surface area contributed by atoms with E-state index < -0.39 is 106 Å². The number of phenols is 1. The molecule has 0 aromatic heterocycles. The van der Waals surface area contributed by atoms with Crippen molar-refractivity contribution in [2.45, 2.75) is 55.9 Å². The number of carbonyl (C=O) groups excluding carboxylic acids is 3. The Bertz CT molecular complexity index is 1680. The molecule has 0 spiro atoms. The highest BCUT2D eigenvalue weighted by Crippen LogP contribution is 2.57. The molecular weight excluding hydrogens is 676 g/mol. The molecule has 0 bridgehead atoms. The zero-order valence-corrected chi connectivity index (χ0v) is 28.0. The molecule has 0 heterocycles. The molecule has 3 aliphatic rings. The highest BCUT2D eigenvalue weighted by Gasteiger charge is 2.66. The van der Waals surface area contributed by atoms with Crippen molar-refractivity contribution in [3.63, 3.8) is 0 Å². The summed E-state index contributed by atoms with van der Waals surface area (Å²) in [4.78, 5) is 73.1. The molecule has 12 N–H and O–H groups in total. The lowest BCUT2D eigenvalue weighted by Gasteiger charge is -2.53. The number of nitrogens with zero attached hydrogens (tertiary/aromatic N) is 1. The van der Waals surface area contributed by atoms with E-state index in [-0.39, 0.29) is 24.0 Å². The van der Waals surface area contributed by atoms with Gasteiger partial charge in [-0.05, 0) is 58.5 Å². The number of Topliss-reactive ketones (excluding diaryl/α,β-unsaturated/α-hetero) is 2. The van der Waals surface area contributed by atoms with Gasteiger partial charge in [0.1, 0.15) is 28.9 Å². The van der Waals surface area contributed by atoms with Crippen LogP contribution in [0.5, 0.6) is 5.75 Å². The first kappa shape index (κ1) is 40.3. The molecule has 1 aromatic rings. The van der Waals surface area contributed by atoms with E-state index in [1.54, 1.807) is 0 Å². The Balaban J connectivity index is 0.000000783. The summed E-state index contributed by atoms with van der Waals surface area (Å²) in [7, 11) is 2.97. The molecule has 3 aliphatic carbocycles. The van der Waals surface area contributed by atoms with Crippen LogP contribution in [0.1, 0.15) is 43.7 Å². The molecule has 1 amide bonds. The third kappa shape index (κ3) is 7.79. The highest BCUT2D eigenvalue weighted by molar-refractivity contribution is 6.25. The van der Waals surface area contributed by atoms with Gasteiger partial charge in [0.2, 0.25) is 5.78 Å². The standard InChI is InChI=1S/C29H38N4O10.C4H4O4/c1-28(42)13-7-6-9-17(34)18(13)22(35)19-14(28)11-15-21(33(2)3)23(36)20(25(38)29(15,43)24(19)37)26(39)32-12-31-16(27(40)41)8-4-5-10-30;5-3(6)1-2-4(7)8/h6-7,9,14-16,21,31,34-35,38,42-43H,4-5,8,10-12,30H2,1-3H3,(H,32,39)(H,40,41);1-2H,(H,5,6)(H,7,8)/t14-,15+,16-,21-,28+,29-;/m0./s1. The Morgan fingerprint density at radius 3 is 2.16 bits per heavy atom. The number of nitrogens with one attached hydrogen (secondary N) is 2. The molecule has 18 nitrogen and oxygen atoms in total. The average Bonchev–Trinajstić information content (AvgIpc) is 3.03. The Morgan fingerprint density at radius 2 is 1.63 bits per heavy atom. The van der Waals surface area contributed by atoms with Gasteiger partial charge in [0.25, 0.3) is 5.91 Å². The van der Waals surface area contributed by atoms with Crippen LogP contribution in [-0.2, 0) is 34.4 Å². The summed E-state index contributed by atoms with van der Waals surface area (Å²) in [6.07, 6.45) is 2.18. The zero-order chi connectivity index (χ0) is 38.6. The maximum atomic E-state index is 14.1. The molecule has 0 aliphatic heterocycles. The van der Waals surface area contributed by atoms with Crippen LogP contribution in [0.4, 0.5) is 0 Å². The first-order valence-corrected chi connectivity index (χ1v) is 15.7. The van der Waals surface area contributed by atoms with Crippen molar-refractivity contribution in [2.75, 3.05) is 27.3 Å². The number of aliphatic hydroxyl groups excluding tert-OH is 2. The minimum atomic E-state index is -2.85. The van der Waals surface area contributed by atoms with Crippen molar-refractivity contribution in [3.8, 4) is 5.75 Å². The summed E-state index contributed by atoms with van der Waals surface area (Å²) in [5, 5.41) is 86.5. The monoisotopic (exact) mass is 718 g/mol. The van der Waals surface area contributed by atoms with Gasteiger partial charge in [0.05, 0.1) is 23.9 Å². The van der Waals surface area contributed by atoms with E-state index in [1.807, 2.05) is 0 Å². The number of hydrogen-bond donors (Lipinski definition) is 11. The second-order valence-corrected chi connectivity index (χ2v) is 12.7. The molecule has 6 atom stereocenters. The van der Waals surface area contributed by atoms with Crippen molar-refractivity contribution in [2.24, 2.45) is 17.6 Å². The van der Waals surface area contributed by atoms with Crippen LogP contribution >= 0.6 is 0 Å². The summed E-state index contributed by atoms with van der Waals surface area (Å²) >= 11 is 0. The molecule has 4 rings (SSSR count). The normalized spacial score (nSPS) is 26.1. The first-order chi connectivity index (χ1) is 23.7.